The van der Waals surface area contributed by atoms with E-state index in [1.165, 1.54) is 16.8 Å². The summed E-state index contributed by atoms with van der Waals surface area (Å²) in [7, 11) is 2.13. The summed E-state index contributed by atoms with van der Waals surface area (Å²) >= 11 is 0. The van der Waals surface area contributed by atoms with Gasteiger partial charge in [-0.25, -0.2) is 0 Å². The van der Waals surface area contributed by atoms with Gasteiger partial charge < -0.3 is 9.80 Å². The van der Waals surface area contributed by atoms with Crippen LogP contribution in [0.3, 0.4) is 0 Å². The van der Waals surface area contributed by atoms with Gasteiger partial charge in [-0.3, -0.25) is 0 Å². The smallest absolute Gasteiger partial charge is 0.0463 e. The molecule has 0 atom stereocenters. The lowest BCUT2D eigenvalue weighted by Gasteiger charge is -2.26. The van der Waals surface area contributed by atoms with E-state index in [2.05, 4.69) is 144 Å². The maximum Gasteiger partial charge on any atom is 0.0463 e. The summed E-state index contributed by atoms with van der Waals surface area (Å²) in [5.74, 6) is 0. The number of nitrogens with zero attached hydrogens (tertiary/aromatic N) is 2. The van der Waals surface area contributed by atoms with Gasteiger partial charge in [-0.05, 0) is 84.6 Å². The van der Waals surface area contributed by atoms with Crippen molar-refractivity contribution >= 4 is 34.0 Å². The second-order valence-corrected chi connectivity index (χ2v) is 8.29. The highest BCUT2D eigenvalue weighted by molar-refractivity contribution is 5.78. The molecule has 33 heavy (non-hydrogen) atoms. The molecule has 2 nitrogen and oxygen atoms in total. The van der Waals surface area contributed by atoms with Crippen molar-refractivity contribution in [1.82, 2.24) is 0 Å². The Morgan fingerprint density at radius 2 is 1.15 bits per heavy atom. The number of benzene rings is 4. The Balaban J connectivity index is 1.44. The molecule has 0 aromatic heterocycles. The number of hydrogen-bond acceptors (Lipinski definition) is 2. The fraction of sp³-hybridized carbons (Fsp3) is 0.0968. The molecule has 0 amide bonds. The third kappa shape index (κ3) is 4.61. The molecule has 2 heteroatoms. The van der Waals surface area contributed by atoms with Gasteiger partial charge in [0.25, 0.3) is 0 Å². The first-order chi connectivity index (χ1) is 16.3. The fourth-order valence-corrected chi connectivity index (χ4v) is 4.33. The molecule has 4 aromatic carbocycles. The third-order valence-corrected chi connectivity index (χ3v) is 6.14. The number of anilines is 5. The average molecular weight is 429 g/mol. The van der Waals surface area contributed by atoms with E-state index in [1.807, 2.05) is 0 Å². The monoisotopic (exact) mass is 428 g/mol. The summed E-state index contributed by atoms with van der Waals surface area (Å²) in [5, 5.41) is 0. The van der Waals surface area contributed by atoms with Crippen LogP contribution in [0.15, 0.2) is 127 Å². The van der Waals surface area contributed by atoms with Crippen molar-refractivity contribution in [2.75, 3.05) is 16.8 Å². The van der Waals surface area contributed by atoms with Gasteiger partial charge in [-0.2, -0.15) is 0 Å². The lowest BCUT2D eigenvalue weighted by molar-refractivity contribution is 1.05. The molecule has 4 aromatic rings. The Kier molecular flexibility index (Phi) is 6.08. The van der Waals surface area contributed by atoms with Crippen molar-refractivity contribution in [3.63, 3.8) is 0 Å². The standard InChI is InChI=1S/C31H28N2/c1-32(31-19-11-14-26(24-31)25-12-5-2-6-13-25)27-20-22-30(23-21-27)33(28-15-7-3-8-16-28)29-17-9-4-10-18-29/h2-5,7-12,14-24H,6,13H2,1H3. The number of allylic oxidation sites excluding steroid dienone is 4. The van der Waals surface area contributed by atoms with Crippen LogP contribution in [-0.4, -0.2) is 7.05 Å². The molecule has 0 bridgehead atoms. The van der Waals surface area contributed by atoms with E-state index >= 15 is 0 Å². The first kappa shape index (κ1) is 20.8. The Bertz CT molecular complexity index is 1220. The molecule has 0 unspecified atom stereocenters. The minimum atomic E-state index is 1.10. The van der Waals surface area contributed by atoms with E-state index in [9.17, 15) is 0 Å². The Hall–Kier alpha value is -4.04. The minimum absolute atomic E-state index is 1.10. The molecule has 0 spiro atoms. The molecule has 0 saturated heterocycles. The summed E-state index contributed by atoms with van der Waals surface area (Å²) < 4.78 is 0. The largest absolute Gasteiger partial charge is 0.345 e. The molecule has 0 aliphatic heterocycles. The zero-order chi connectivity index (χ0) is 22.5. The van der Waals surface area contributed by atoms with Gasteiger partial charge in [0.2, 0.25) is 0 Å². The highest BCUT2D eigenvalue weighted by Gasteiger charge is 2.13. The van der Waals surface area contributed by atoms with E-state index in [-0.39, 0.29) is 0 Å². The van der Waals surface area contributed by atoms with Crippen LogP contribution in [0, 0.1) is 0 Å². The second-order valence-electron chi connectivity index (χ2n) is 8.29. The second kappa shape index (κ2) is 9.62. The van der Waals surface area contributed by atoms with Gasteiger partial charge in [-0.1, -0.05) is 66.8 Å². The Labute approximate surface area is 196 Å². The molecule has 5 rings (SSSR count). The topological polar surface area (TPSA) is 6.48 Å². The summed E-state index contributed by atoms with van der Waals surface area (Å²) in [6.45, 7) is 0. The lowest BCUT2D eigenvalue weighted by atomic mass is 9.97. The van der Waals surface area contributed by atoms with E-state index in [0.717, 1.165) is 35.6 Å². The Morgan fingerprint density at radius 3 is 1.76 bits per heavy atom. The minimum Gasteiger partial charge on any atom is -0.345 e. The highest BCUT2D eigenvalue weighted by Crippen LogP contribution is 2.36. The van der Waals surface area contributed by atoms with Crippen LogP contribution in [0.5, 0.6) is 0 Å². The van der Waals surface area contributed by atoms with Gasteiger partial charge in [0.05, 0.1) is 0 Å². The number of para-hydroxylation sites is 2. The quantitative estimate of drug-likeness (QED) is 0.303. The zero-order valence-corrected chi connectivity index (χ0v) is 18.9. The third-order valence-electron chi connectivity index (χ3n) is 6.14. The molecule has 0 heterocycles. The first-order valence-corrected chi connectivity index (χ1v) is 11.5. The SMILES string of the molecule is CN(c1ccc(N(c2ccccc2)c2ccccc2)cc1)c1cccc(C2=CC=CCC2)c1. The summed E-state index contributed by atoms with van der Waals surface area (Å²) in [5.41, 5.74) is 8.49. The predicted octanol–water partition coefficient (Wildman–Crippen LogP) is 8.66. The van der Waals surface area contributed by atoms with Crippen LogP contribution in [0.1, 0.15) is 18.4 Å². The van der Waals surface area contributed by atoms with Gasteiger partial charge in [0, 0.05) is 35.5 Å². The van der Waals surface area contributed by atoms with E-state index in [1.54, 1.807) is 0 Å². The van der Waals surface area contributed by atoms with Gasteiger partial charge in [-0.15, -0.1) is 0 Å². The Morgan fingerprint density at radius 1 is 0.576 bits per heavy atom. The first-order valence-electron chi connectivity index (χ1n) is 11.5. The molecule has 0 radical (unpaired) electrons. The van der Waals surface area contributed by atoms with Crippen LogP contribution in [0.2, 0.25) is 0 Å². The van der Waals surface area contributed by atoms with Crippen molar-refractivity contribution in [3.05, 3.63) is 133 Å². The van der Waals surface area contributed by atoms with Crippen LogP contribution in [0.4, 0.5) is 28.4 Å². The average Bonchev–Trinajstić information content (AvgIpc) is 2.91. The van der Waals surface area contributed by atoms with Gasteiger partial charge in [0.1, 0.15) is 0 Å². The maximum absolute atomic E-state index is 2.29. The molecular weight excluding hydrogens is 400 g/mol. The molecular formula is C31H28N2. The number of rotatable bonds is 6. The van der Waals surface area contributed by atoms with E-state index in [0.29, 0.717) is 0 Å². The molecule has 0 N–H and O–H groups in total. The number of hydrogen-bond donors (Lipinski definition) is 0. The van der Waals surface area contributed by atoms with Crippen molar-refractivity contribution < 1.29 is 0 Å². The van der Waals surface area contributed by atoms with Crippen molar-refractivity contribution in [2.45, 2.75) is 12.8 Å². The molecule has 1 aliphatic rings. The van der Waals surface area contributed by atoms with Crippen LogP contribution in [-0.2, 0) is 0 Å². The predicted molar refractivity (Wildman–Crippen MR) is 142 cm³/mol. The van der Waals surface area contributed by atoms with Crippen molar-refractivity contribution in [1.29, 1.82) is 0 Å². The molecule has 0 fully saturated rings. The summed E-state index contributed by atoms with van der Waals surface area (Å²) in [6, 6.07) is 38.6. The maximum atomic E-state index is 2.29. The molecule has 162 valence electrons. The molecule has 0 saturated carbocycles. The molecule has 1 aliphatic carbocycles. The summed E-state index contributed by atoms with van der Waals surface area (Å²) in [6.07, 6.45) is 8.85. The van der Waals surface area contributed by atoms with Crippen LogP contribution < -0.4 is 9.80 Å². The van der Waals surface area contributed by atoms with Gasteiger partial charge >= 0.3 is 0 Å². The summed E-state index contributed by atoms with van der Waals surface area (Å²) in [4.78, 5) is 4.54. The zero-order valence-electron chi connectivity index (χ0n) is 18.9. The van der Waals surface area contributed by atoms with Gasteiger partial charge in [0.15, 0.2) is 0 Å². The van der Waals surface area contributed by atoms with E-state index < -0.39 is 0 Å². The van der Waals surface area contributed by atoms with Crippen LogP contribution >= 0.6 is 0 Å². The van der Waals surface area contributed by atoms with Crippen LogP contribution in [0.25, 0.3) is 5.57 Å². The lowest BCUT2D eigenvalue weighted by Crippen LogP contribution is -2.12. The van der Waals surface area contributed by atoms with Crippen molar-refractivity contribution in [3.8, 4) is 0 Å². The fourth-order valence-electron chi connectivity index (χ4n) is 4.33. The highest BCUT2D eigenvalue weighted by atomic mass is 15.1. The van der Waals surface area contributed by atoms with Crippen molar-refractivity contribution in [2.24, 2.45) is 0 Å². The normalized spacial score (nSPS) is 12.8. The van der Waals surface area contributed by atoms with E-state index in [4.69, 9.17) is 0 Å².